The van der Waals surface area contributed by atoms with Gasteiger partial charge in [0.25, 0.3) is 10.0 Å². The summed E-state index contributed by atoms with van der Waals surface area (Å²) in [6.45, 7) is 0. The molecule has 0 saturated heterocycles. The van der Waals surface area contributed by atoms with Gasteiger partial charge in [0.15, 0.2) is 0 Å². The van der Waals surface area contributed by atoms with Crippen LogP contribution in [0.4, 0.5) is 5.69 Å². The Kier molecular flexibility index (Phi) is 4.51. The number of halogens is 1. The normalized spacial score (nSPS) is 14.0. The van der Waals surface area contributed by atoms with Crippen LogP contribution in [0, 0.1) is 0 Å². The Bertz CT molecular complexity index is 909. The topological polar surface area (TPSA) is 83.5 Å². The molecule has 0 aliphatic heterocycles. The molecule has 0 heterocycles. The van der Waals surface area contributed by atoms with Gasteiger partial charge in [-0.25, -0.2) is 13.2 Å². The number of nitrogens with one attached hydrogen (secondary N) is 1. The highest BCUT2D eigenvalue weighted by Gasteiger charge is 2.24. The molecule has 126 valence electrons. The van der Waals surface area contributed by atoms with Gasteiger partial charge >= 0.3 is 5.97 Å². The summed E-state index contributed by atoms with van der Waals surface area (Å²) >= 11 is 5.84. The highest BCUT2D eigenvalue weighted by atomic mass is 35.5. The van der Waals surface area contributed by atoms with E-state index in [1.807, 2.05) is 0 Å². The van der Waals surface area contributed by atoms with E-state index < -0.39 is 16.0 Å². The van der Waals surface area contributed by atoms with Crippen LogP contribution in [0.15, 0.2) is 41.3 Å². The molecule has 0 fully saturated rings. The SMILES string of the molecule is O=C(O)c1c(NS(=O)(=O)c2cccc(Cl)c2)ccc2c1CCCC2. The predicted octanol–water partition coefficient (Wildman–Crippen LogP) is 3.72. The molecule has 1 aliphatic carbocycles. The average molecular weight is 366 g/mol. The van der Waals surface area contributed by atoms with Gasteiger partial charge in [0.1, 0.15) is 0 Å². The van der Waals surface area contributed by atoms with Crippen LogP contribution in [0.1, 0.15) is 34.3 Å². The van der Waals surface area contributed by atoms with Crippen LogP contribution in [-0.2, 0) is 22.9 Å². The predicted molar refractivity (Wildman–Crippen MR) is 92.3 cm³/mol. The Morgan fingerprint density at radius 2 is 1.88 bits per heavy atom. The van der Waals surface area contributed by atoms with E-state index in [4.69, 9.17) is 11.6 Å². The van der Waals surface area contributed by atoms with Gasteiger partial charge in [-0.05, 0) is 61.1 Å². The molecule has 24 heavy (non-hydrogen) atoms. The van der Waals surface area contributed by atoms with E-state index in [0.29, 0.717) is 11.4 Å². The molecule has 5 nitrogen and oxygen atoms in total. The lowest BCUT2D eigenvalue weighted by Gasteiger charge is -2.20. The number of rotatable bonds is 4. The zero-order valence-electron chi connectivity index (χ0n) is 12.8. The second kappa shape index (κ2) is 6.45. The Morgan fingerprint density at radius 3 is 2.58 bits per heavy atom. The molecule has 2 aromatic carbocycles. The zero-order chi connectivity index (χ0) is 17.3. The lowest BCUT2D eigenvalue weighted by molar-refractivity contribution is 0.0696. The second-order valence-corrected chi connectivity index (χ2v) is 7.82. The molecule has 0 bridgehead atoms. The van der Waals surface area contributed by atoms with E-state index in [9.17, 15) is 18.3 Å². The van der Waals surface area contributed by atoms with Crippen LogP contribution in [0.5, 0.6) is 0 Å². The smallest absolute Gasteiger partial charge is 0.338 e. The average Bonchev–Trinajstić information content (AvgIpc) is 2.54. The highest BCUT2D eigenvalue weighted by Crippen LogP contribution is 2.31. The van der Waals surface area contributed by atoms with E-state index in [-0.39, 0.29) is 16.1 Å². The summed E-state index contributed by atoms with van der Waals surface area (Å²) in [5.41, 5.74) is 1.82. The minimum absolute atomic E-state index is 0.0101. The Hall–Kier alpha value is -2.05. The van der Waals surface area contributed by atoms with Gasteiger partial charge in [-0.15, -0.1) is 0 Å². The summed E-state index contributed by atoms with van der Waals surface area (Å²) in [6.07, 6.45) is 3.37. The largest absolute Gasteiger partial charge is 0.478 e. The van der Waals surface area contributed by atoms with Crippen molar-refractivity contribution in [1.82, 2.24) is 0 Å². The fraction of sp³-hybridized carbons (Fsp3) is 0.235. The van der Waals surface area contributed by atoms with Crippen molar-refractivity contribution in [1.29, 1.82) is 0 Å². The highest BCUT2D eigenvalue weighted by molar-refractivity contribution is 7.92. The fourth-order valence-corrected chi connectivity index (χ4v) is 4.37. The van der Waals surface area contributed by atoms with Crippen LogP contribution < -0.4 is 4.72 Å². The Balaban J connectivity index is 2.05. The van der Waals surface area contributed by atoms with E-state index in [1.165, 1.54) is 24.3 Å². The van der Waals surface area contributed by atoms with Crippen molar-refractivity contribution in [2.75, 3.05) is 4.72 Å². The first-order chi connectivity index (χ1) is 11.4. The first-order valence-corrected chi connectivity index (χ1v) is 9.41. The first kappa shape index (κ1) is 16.8. The molecule has 0 unspecified atom stereocenters. The van der Waals surface area contributed by atoms with Crippen molar-refractivity contribution in [2.24, 2.45) is 0 Å². The number of carbonyl (C=O) groups is 1. The molecule has 7 heteroatoms. The number of carboxylic acids is 1. The van der Waals surface area contributed by atoms with Crippen molar-refractivity contribution in [3.05, 3.63) is 58.1 Å². The molecule has 2 aromatic rings. The van der Waals surface area contributed by atoms with E-state index in [1.54, 1.807) is 12.1 Å². The molecule has 0 aromatic heterocycles. The van der Waals surface area contributed by atoms with Crippen LogP contribution in [0.2, 0.25) is 5.02 Å². The Morgan fingerprint density at radius 1 is 1.12 bits per heavy atom. The molecule has 1 aliphatic rings. The third kappa shape index (κ3) is 3.25. The maximum Gasteiger partial charge on any atom is 0.338 e. The van der Waals surface area contributed by atoms with Crippen LogP contribution >= 0.6 is 11.6 Å². The molecular formula is C17H16ClNO4S. The van der Waals surface area contributed by atoms with Crippen molar-refractivity contribution < 1.29 is 18.3 Å². The third-order valence-corrected chi connectivity index (χ3v) is 5.70. The van der Waals surface area contributed by atoms with Gasteiger partial charge in [-0.3, -0.25) is 4.72 Å². The van der Waals surface area contributed by atoms with Gasteiger partial charge < -0.3 is 5.11 Å². The number of aryl methyl sites for hydroxylation is 1. The molecule has 0 radical (unpaired) electrons. The zero-order valence-corrected chi connectivity index (χ0v) is 14.3. The maximum absolute atomic E-state index is 12.5. The van der Waals surface area contributed by atoms with E-state index in [2.05, 4.69) is 4.72 Å². The van der Waals surface area contributed by atoms with Gasteiger partial charge in [0.2, 0.25) is 0 Å². The number of carboxylic acid groups (broad SMARTS) is 1. The standard InChI is InChI=1S/C17H16ClNO4S/c18-12-5-3-6-13(10-12)24(22,23)19-15-9-8-11-4-1-2-7-14(11)16(15)17(20)21/h3,5-6,8-10,19H,1-2,4,7H2,(H,20,21). The van der Waals surface area contributed by atoms with Crippen molar-refractivity contribution in [3.63, 3.8) is 0 Å². The van der Waals surface area contributed by atoms with Crippen LogP contribution in [0.3, 0.4) is 0 Å². The number of fused-ring (bicyclic) bond motifs is 1. The number of benzene rings is 2. The molecule has 0 amide bonds. The molecule has 2 N–H and O–H groups in total. The quantitative estimate of drug-likeness (QED) is 0.864. The summed E-state index contributed by atoms with van der Waals surface area (Å²) in [4.78, 5) is 11.7. The lowest BCUT2D eigenvalue weighted by atomic mass is 9.87. The summed E-state index contributed by atoms with van der Waals surface area (Å²) in [5, 5.41) is 9.87. The lowest BCUT2D eigenvalue weighted by Crippen LogP contribution is -2.18. The number of sulfonamides is 1. The van der Waals surface area contributed by atoms with E-state index in [0.717, 1.165) is 30.4 Å². The van der Waals surface area contributed by atoms with Crippen LogP contribution in [-0.4, -0.2) is 19.5 Å². The summed E-state index contributed by atoms with van der Waals surface area (Å²) in [7, 11) is -3.92. The second-order valence-electron chi connectivity index (χ2n) is 5.70. The van der Waals surface area contributed by atoms with Gasteiger partial charge in [-0.2, -0.15) is 0 Å². The summed E-state index contributed by atoms with van der Waals surface area (Å²) in [6, 6.07) is 9.16. The van der Waals surface area contributed by atoms with Gasteiger partial charge in [0, 0.05) is 5.02 Å². The molecular weight excluding hydrogens is 350 g/mol. The number of anilines is 1. The fourth-order valence-electron chi connectivity index (χ4n) is 3.00. The number of hydrogen-bond donors (Lipinski definition) is 2. The molecule has 0 spiro atoms. The third-order valence-electron chi connectivity index (χ3n) is 4.10. The van der Waals surface area contributed by atoms with Gasteiger partial charge in [0.05, 0.1) is 16.1 Å². The first-order valence-electron chi connectivity index (χ1n) is 7.55. The monoisotopic (exact) mass is 365 g/mol. The minimum atomic E-state index is -3.92. The summed E-state index contributed by atoms with van der Waals surface area (Å²) < 4.78 is 27.5. The summed E-state index contributed by atoms with van der Waals surface area (Å²) in [5.74, 6) is -1.13. The number of aromatic carboxylic acids is 1. The number of hydrogen-bond acceptors (Lipinski definition) is 3. The van der Waals surface area contributed by atoms with Crippen molar-refractivity contribution >= 4 is 33.3 Å². The van der Waals surface area contributed by atoms with Crippen molar-refractivity contribution in [2.45, 2.75) is 30.6 Å². The van der Waals surface area contributed by atoms with Gasteiger partial charge in [-0.1, -0.05) is 23.7 Å². The van der Waals surface area contributed by atoms with Crippen LogP contribution in [0.25, 0.3) is 0 Å². The Labute approximate surface area is 145 Å². The maximum atomic E-state index is 12.5. The molecule has 0 atom stereocenters. The van der Waals surface area contributed by atoms with E-state index >= 15 is 0 Å². The molecule has 3 rings (SSSR count). The minimum Gasteiger partial charge on any atom is -0.478 e. The van der Waals surface area contributed by atoms with Crippen molar-refractivity contribution in [3.8, 4) is 0 Å². The molecule has 0 saturated carbocycles.